The second kappa shape index (κ2) is 5.19. The fourth-order valence-corrected chi connectivity index (χ4v) is 2.40. The van der Waals surface area contributed by atoms with E-state index in [1.807, 2.05) is 0 Å². The Bertz CT molecular complexity index is 383. The Balaban J connectivity index is 1.88. The molecule has 0 heterocycles. The third-order valence-electron chi connectivity index (χ3n) is 3.69. The van der Waals surface area contributed by atoms with Gasteiger partial charge < -0.3 is 11.1 Å². The third-order valence-corrected chi connectivity index (χ3v) is 3.69. The molecule has 1 aliphatic rings. The van der Waals surface area contributed by atoms with Crippen molar-refractivity contribution in [3.8, 4) is 0 Å². The van der Waals surface area contributed by atoms with Crippen LogP contribution in [0.4, 0.5) is 0 Å². The Kier molecular flexibility index (Phi) is 3.85. The largest absolute Gasteiger partial charge is 0.329 e. The summed E-state index contributed by atoms with van der Waals surface area (Å²) in [5.74, 6) is 0. The molecule has 0 spiro atoms. The van der Waals surface area contributed by atoms with Crippen LogP contribution in [0.3, 0.4) is 0 Å². The monoisotopic (exact) mass is 232 g/mol. The molecule has 3 N–H and O–H groups in total. The van der Waals surface area contributed by atoms with Crippen LogP contribution in [-0.4, -0.2) is 18.6 Å². The minimum Gasteiger partial charge on any atom is -0.329 e. The average molecular weight is 232 g/mol. The van der Waals surface area contributed by atoms with Gasteiger partial charge in [0.15, 0.2) is 0 Å². The lowest BCUT2D eigenvalue weighted by Crippen LogP contribution is -2.46. The van der Waals surface area contributed by atoms with Crippen molar-refractivity contribution in [3.05, 3.63) is 34.9 Å². The first-order valence-corrected chi connectivity index (χ1v) is 6.66. The predicted octanol–water partition coefficient (Wildman–Crippen LogP) is 2.04. The van der Waals surface area contributed by atoms with Crippen molar-refractivity contribution in [1.29, 1.82) is 0 Å². The molecule has 0 amide bonds. The van der Waals surface area contributed by atoms with Gasteiger partial charge in [0.05, 0.1) is 0 Å². The highest BCUT2D eigenvalue weighted by atomic mass is 15.0. The lowest BCUT2D eigenvalue weighted by Gasteiger charge is -2.24. The molecule has 2 rings (SSSR count). The first kappa shape index (κ1) is 12.6. The molecule has 0 aromatic heterocycles. The van der Waals surface area contributed by atoms with Crippen LogP contribution < -0.4 is 11.1 Å². The minimum atomic E-state index is 0.0523. The molecule has 0 bridgehead atoms. The van der Waals surface area contributed by atoms with E-state index < -0.39 is 0 Å². The molecule has 94 valence electrons. The number of nitrogens with one attached hydrogen (secondary N) is 1. The van der Waals surface area contributed by atoms with E-state index >= 15 is 0 Å². The van der Waals surface area contributed by atoms with Crippen LogP contribution in [0.5, 0.6) is 0 Å². The van der Waals surface area contributed by atoms with Gasteiger partial charge in [0.1, 0.15) is 0 Å². The van der Waals surface area contributed by atoms with Gasteiger partial charge in [0.25, 0.3) is 0 Å². The summed E-state index contributed by atoms with van der Waals surface area (Å²) in [7, 11) is 0. The number of hydrogen-bond acceptors (Lipinski definition) is 2. The second-order valence-electron chi connectivity index (χ2n) is 5.72. The molecular weight excluding hydrogens is 208 g/mol. The van der Waals surface area contributed by atoms with E-state index in [1.54, 1.807) is 11.1 Å². The maximum Gasteiger partial charge on any atom is 0.0247 e. The highest BCUT2D eigenvalue weighted by molar-refractivity contribution is 5.35. The van der Waals surface area contributed by atoms with Gasteiger partial charge in [-0.15, -0.1) is 0 Å². The van der Waals surface area contributed by atoms with Crippen molar-refractivity contribution in [2.24, 2.45) is 5.73 Å². The number of nitrogens with two attached hydrogens (primary N) is 1. The number of rotatable bonds is 5. The lowest BCUT2D eigenvalue weighted by molar-refractivity contribution is 0.402. The summed E-state index contributed by atoms with van der Waals surface area (Å²) in [6.45, 7) is 5.98. The molecule has 0 fully saturated rings. The quantitative estimate of drug-likeness (QED) is 0.815. The summed E-state index contributed by atoms with van der Waals surface area (Å²) in [5, 5.41) is 3.50. The zero-order valence-electron chi connectivity index (χ0n) is 11.1. The molecule has 1 aromatic rings. The van der Waals surface area contributed by atoms with Crippen LogP contribution in [0, 0.1) is 0 Å². The van der Waals surface area contributed by atoms with E-state index in [0.717, 1.165) is 13.0 Å². The maximum atomic E-state index is 5.70. The van der Waals surface area contributed by atoms with Crippen molar-refractivity contribution in [1.82, 2.24) is 5.32 Å². The molecule has 0 radical (unpaired) electrons. The second-order valence-corrected chi connectivity index (χ2v) is 5.72. The van der Waals surface area contributed by atoms with Crippen molar-refractivity contribution in [2.75, 3.05) is 13.1 Å². The maximum absolute atomic E-state index is 5.70. The van der Waals surface area contributed by atoms with Crippen LogP contribution in [0.2, 0.25) is 0 Å². The summed E-state index contributed by atoms with van der Waals surface area (Å²) in [6.07, 6.45) is 4.97. The molecule has 17 heavy (non-hydrogen) atoms. The van der Waals surface area contributed by atoms with E-state index in [-0.39, 0.29) is 5.54 Å². The molecule has 0 atom stereocenters. The van der Waals surface area contributed by atoms with Crippen LogP contribution in [0.15, 0.2) is 18.2 Å². The van der Waals surface area contributed by atoms with Gasteiger partial charge in [-0.1, -0.05) is 18.2 Å². The third kappa shape index (κ3) is 3.30. The molecule has 0 aliphatic heterocycles. The van der Waals surface area contributed by atoms with E-state index in [1.165, 1.54) is 24.8 Å². The van der Waals surface area contributed by atoms with E-state index in [9.17, 15) is 0 Å². The fraction of sp³-hybridized carbons (Fsp3) is 0.600. The molecule has 0 saturated carbocycles. The van der Waals surface area contributed by atoms with Crippen molar-refractivity contribution in [3.63, 3.8) is 0 Å². The lowest BCUT2D eigenvalue weighted by atomic mass is 10.0. The van der Waals surface area contributed by atoms with Gasteiger partial charge in [0.2, 0.25) is 0 Å². The molecular formula is C15H24N2. The molecule has 0 saturated heterocycles. The topological polar surface area (TPSA) is 38.0 Å². The van der Waals surface area contributed by atoms with E-state index in [4.69, 9.17) is 5.73 Å². The average Bonchev–Trinajstić information content (AvgIpc) is 2.76. The van der Waals surface area contributed by atoms with Crippen LogP contribution >= 0.6 is 0 Å². The summed E-state index contributed by atoms with van der Waals surface area (Å²) in [6, 6.07) is 6.98. The number of aryl methyl sites for hydroxylation is 2. The zero-order valence-corrected chi connectivity index (χ0v) is 11.1. The van der Waals surface area contributed by atoms with Gasteiger partial charge in [-0.05, 0) is 62.8 Å². The van der Waals surface area contributed by atoms with Gasteiger partial charge in [-0.25, -0.2) is 0 Å². The standard InChI is InChI=1S/C15H24N2/c1-15(2,11-16)17-9-8-12-6-7-13-4-3-5-14(13)10-12/h6-7,10,17H,3-5,8-9,11,16H2,1-2H3. The summed E-state index contributed by atoms with van der Waals surface area (Å²) < 4.78 is 0. The summed E-state index contributed by atoms with van der Waals surface area (Å²) in [5.41, 5.74) is 10.3. The van der Waals surface area contributed by atoms with Gasteiger partial charge in [-0.2, -0.15) is 0 Å². The van der Waals surface area contributed by atoms with Crippen LogP contribution in [0.25, 0.3) is 0 Å². The Hall–Kier alpha value is -0.860. The molecule has 1 aromatic carbocycles. The number of fused-ring (bicyclic) bond motifs is 1. The molecule has 2 nitrogen and oxygen atoms in total. The Morgan fingerprint density at radius 3 is 2.76 bits per heavy atom. The first-order chi connectivity index (χ1) is 8.11. The minimum absolute atomic E-state index is 0.0523. The fourth-order valence-electron chi connectivity index (χ4n) is 2.40. The zero-order chi connectivity index (χ0) is 12.3. The molecule has 0 unspecified atom stereocenters. The van der Waals surface area contributed by atoms with Crippen molar-refractivity contribution >= 4 is 0 Å². The van der Waals surface area contributed by atoms with Gasteiger partial charge in [-0.3, -0.25) is 0 Å². The summed E-state index contributed by atoms with van der Waals surface area (Å²) in [4.78, 5) is 0. The number of benzene rings is 1. The highest BCUT2D eigenvalue weighted by Crippen LogP contribution is 2.22. The molecule has 2 heteroatoms. The smallest absolute Gasteiger partial charge is 0.0247 e. The van der Waals surface area contributed by atoms with Crippen LogP contribution in [0.1, 0.15) is 37.0 Å². The normalized spacial score (nSPS) is 15.0. The van der Waals surface area contributed by atoms with Crippen molar-refractivity contribution in [2.45, 2.75) is 45.1 Å². The first-order valence-electron chi connectivity index (χ1n) is 6.66. The Morgan fingerprint density at radius 1 is 1.24 bits per heavy atom. The summed E-state index contributed by atoms with van der Waals surface area (Å²) >= 11 is 0. The van der Waals surface area contributed by atoms with Gasteiger partial charge >= 0.3 is 0 Å². The Morgan fingerprint density at radius 2 is 2.00 bits per heavy atom. The van der Waals surface area contributed by atoms with E-state index in [2.05, 4.69) is 37.4 Å². The van der Waals surface area contributed by atoms with Crippen molar-refractivity contribution < 1.29 is 0 Å². The molecule has 1 aliphatic carbocycles. The Labute approximate surface area is 105 Å². The van der Waals surface area contributed by atoms with Gasteiger partial charge in [0, 0.05) is 12.1 Å². The van der Waals surface area contributed by atoms with Crippen LogP contribution in [-0.2, 0) is 19.3 Å². The number of hydrogen-bond donors (Lipinski definition) is 2. The SMILES string of the molecule is CC(C)(CN)NCCc1ccc2c(c1)CCC2. The van der Waals surface area contributed by atoms with E-state index in [0.29, 0.717) is 6.54 Å². The highest BCUT2D eigenvalue weighted by Gasteiger charge is 2.14. The predicted molar refractivity (Wildman–Crippen MR) is 73.3 cm³/mol.